The quantitative estimate of drug-likeness (QED) is 0.168. The molecule has 2 aromatic carbocycles. The van der Waals surface area contributed by atoms with Crippen molar-refractivity contribution >= 4 is 29.1 Å². The van der Waals surface area contributed by atoms with Crippen LogP contribution in [0.25, 0.3) is 33.6 Å². The lowest BCUT2D eigenvalue weighted by atomic mass is 9.97. The molecule has 1 amide bonds. The second-order valence-corrected chi connectivity index (χ2v) is 11.7. The van der Waals surface area contributed by atoms with Crippen LogP contribution >= 0.6 is 23.2 Å². The van der Waals surface area contributed by atoms with Crippen molar-refractivity contribution in [1.82, 2.24) is 20.6 Å². The number of carbonyl (C=O) groups excluding carboxylic acids is 1. The number of pyridine rings is 2. The maximum atomic E-state index is 11.3. The van der Waals surface area contributed by atoms with Crippen LogP contribution in [0.2, 0.25) is 10.0 Å². The van der Waals surface area contributed by atoms with E-state index in [1.807, 2.05) is 81.4 Å². The van der Waals surface area contributed by atoms with Crippen molar-refractivity contribution in [3.8, 4) is 45.4 Å². The Morgan fingerprint density at radius 1 is 0.860 bits per heavy atom. The lowest BCUT2D eigenvalue weighted by Crippen LogP contribution is -2.48. The van der Waals surface area contributed by atoms with Gasteiger partial charge in [-0.05, 0) is 39.0 Å². The molecule has 0 fully saturated rings. The molecule has 0 spiro atoms. The van der Waals surface area contributed by atoms with E-state index in [1.54, 1.807) is 14.2 Å². The molecule has 43 heavy (non-hydrogen) atoms. The number of nitrogens with two attached hydrogens (primary N) is 1. The average Bonchev–Trinajstić information content (AvgIpc) is 2.99. The van der Waals surface area contributed by atoms with Crippen LogP contribution in [0.5, 0.6) is 11.8 Å². The Bertz CT molecular complexity index is 1620. The molecular formula is C33H37Cl2N5O3. The van der Waals surface area contributed by atoms with Gasteiger partial charge in [0.05, 0.1) is 35.7 Å². The van der Waals surface area contributed by atoms with E-state index < -0.39 is 0 Å². The predicted octanol–water partition coefficient (Wildman–Crippen LogP) is 6.83. The molecule has 1 unspecified atom stereocenters. The van der Waals surface area contributed by atoms with Crippen LogP contribution in [-0.2, 0) is 11.3 Å². The Kier molecular flexibility index (Phi) is 10.3. The molecule has 10 heteroatoms. The number of carbonyl (C=O) groups is 1. The highest BCUT2D eigenvalue weighted by molar-refractivity contribution is 6.39. The molecule has 0 saturated heterocycles. The zero-order valence-electron chi connectivity index (χ0n) is 25.2. The molecule has 0 aliphatic carbocycles. The molecule has 1 atom stereocenters. The summed E-state index contributed by atoms with van der Waals surface area (Å²) in [5, 5.41) is 7.32. The Morgan fingerprint density at radius 3 is 1.88 bits per heavy atom. The maximum absolute atomic E-state index is 11.3. The first kappa shape index (κ1) is 32.2. The number of halogens is 2. The van der Waals surface area contributed by atoms with Gasteiger partial charge in [-0.3, -0.25) is 4.79 Å². The van der Waals surface area contributed by atoms with Crippen LogP contribution in [0, 0.1) is 0 Å². The van der Waals surface area contributed by atoms with Gasteiger partial charge in [-0.1, -0.05) is 65.7 Å². The van der Waals surface area contributed by atoms with Gasteiger partial charge >= 0.3 is 0 Å². The normalized spacial score (nSPS) is 12.1. The van der Waals surface area contributed by atoms with Crippen LogP contribution in [0.1, 0.15) is 44.9 Å². The molecule has 226 valence electrons. The topological polar surface area (TPSA) is 111 Å². The number of amides is 1. The first-order chi connectivity index (χ1) is 20.5. The van der Waals surface area contributed by atoms with Crippen molar-refractivity contribution in [2.24, 2.45) is 5.73 Å². The molecule has 8 nitrogen and oxygen atoms in total. The lowest BCUT2D eigenvalue weighted by Gasteiger charge is -2.27. The highest BCUT2D eigenvalue weighted by Crippen LogP contribution is 2.42. The number of methoxy groups -OCH3 is 2. The fourth-order valence-electron chi connectivity index (χ4n) is 4.66. The van der Waals surface area contributed by atoms with Crippen molar-refractivity contribution in [3.63, 3.8) is 0 Å². The van der Waals surface area contributed by atoms with E-state index in [4.69, 9.17) is 43.4 Å². The summed E-state index contributed by atoms with van der Waals surface area (Å²) in [5.74, 6) is 0.874. The molecule has 0 aliphatic rings. The third-order valence-corrected chi connectivity index (χ3v) is 7.90. The lowest BCUT2D eigenvalue weighted by molar-refractivity contribution is -0.119. The maximum Gasteiger partial charge on any atom is 0.218 e. The summed E-state index contributed by atoms with van der Waals surface area (Å²) in [6.45, 7) is 8.42. The number of aromatic nitrogens is 2. The Hall–Kier alpha value is -3.69. The molecule has 0 saturated carbocycles. The van der Waals surface area contributed by atoms with Crippen LogP contribution in [0.15, 0.2) is 60.7 Å². The van der Waals surface area contributed by atoms with Crippen molar-refractivity contribution in [2.75, 3.05) is 20.8 Å². The van der Waals surface area contributed by atoms with E-state index in [2.05, 4.69) is 15.6 Å². The molecule has 0 radical (unpaired) electrons. The second-order valence-electron chi connectivity index (χ2n) is 10.9. The van der Waals surface area contributed by atoms with Gasteiger partial charge in [0, 0.05) is 65.0 Å². The number of ether oxygens (including phenoxy) is 2. The highest BCUT2D eigenvalue weighted by Gasteiger charge is 2.21. The van der Waals surface area contributed by atoms with E-state index in [-0.39, 0.29) is 17.5 Å². The van der Waals surface area contributed by atoms with Gasteiger partial charge < -0.3 is 25.8 Å². The largest absolute Gasteiger partial charge is 0.481 e. The number of hydrogen-bond donors (Lipinski definition) is 3. The van der Waals surface area contributed by atoms with Crippen LogP contribution in [0.4, 0.5) is 0 Å². The van der Waals surface area contributed by atoms with E-state index in [1.165, 1.54) is 6.92 Å². The van der Waals surface area contributed by atoms with Crippen molar-refractivity contribution in [2.45, 2.75) is 45.8 Å². The van der Waals surface area contributed by atoms with Crippen LogP contribution < -0.4 is 25.8 Å². The molecule has 4 rings (SSSR count). The summed E-state index contributed by atoms with van der Waals surface area (Å²) in [6, 6.07) is 19.0. The smallest absolute Gasteiger partial charge is 0.218 e. The number of benzene rings is 2. The fourth-order valence-corrected chi connectivity index (χ4v) is 5.31. The first-order valence-electron chi connectivity index (χ1n) is 13.9. The summed E-state index contributed by atoms with van der Waals surface area (Å²) in [4.78, 5) is 20.8. The fraction of sp³-hybridized carbons (Fsp3) is 0.303. The second kappa shape index (κ2) is 13.7. The summed E-state index contributed by atoms with van der Waals surface area (Å²) >= 11 is 14.0. The number of nitrogens with zero attached hydrogens (tertiary/aromatic N) is 2. The molecule has 4 aromatic rings. The Morgan fingerprint density at radius 2 is 1.37 bits per heavy atom. The summed E-state index contributed by atoms with van der Waals surface area (Å²) < 4.78 is 11.1. The van der Waals surface area contributed by atoms with E-state index >= 15 is 0 Å². The monoisotopic (exact) mass is 621 g/mol. The van der Waals surface area contributed by atoms with Crippen LogP contribution in [0.3, 0.4) is 0 Å². The van der Waals surface area contributed by atoms with Gasteiger partial charge in [0.1, 0.15) is 0 Å². The number of hydrogen-bond acceptors (Lipinski definition) is 7. The van der Waals surface area contributed by atoms with Gasteiger partial charge in [-0.15, -0.1) is 0 Å². The summed E-state index contributed by atoms with van der Waals surface area (Å²) in [5.41, 5.74) is 11.8. The van der Waals surface area contributed by atoms with Gasteiger partial charge in [0.25, 0.3) is 0 Å². The standard InChI is InChI=1S/C33H37Cl2N5O3/c1-19(36)22-14-16-28(40-32(22)43-6)26-12-8-10-24(30(26)35)23-9-7-11-25(29(23)34)27-15-13-21(31(39-27)42-5)17-38-33(3,4)18-37-20(2)41/h7-16,19,38H,17-18,36H2,1-6H3,(H,37,41). The van der Waals surface area contributed by atoms with Gasteiger partial charge in [0.15, 0.2) is 0 Å². The molecule has 2 heterocycles. The Balaban J connectivity index is 1.66. The molecule has 0 aliphatic heterocycles. The number of nitrogens with one attached hydrogen (secondary N) is 2. The molecule has 2 aromatic heterocycles. The highest BCUT2D eigenvalue weighted by atomic mass is 35.5. The number of rotatable bonds is 11. The van der Waals surface area contributed by atoms with E-state index in [0.717, 1.165) is 33.4 Å². The third kappa shape index (κ3) is 7.46. The van der Waals surface area contributed by atoms with E-state index in [0.29, 0.717) is 46.3 Å². The average molecular weight is 623 g/mol. The SMILES string of the molecule is COc1nc(-c2cccc(-c3cccc(-c4ccc(C(C)N)c(OC)n4)c3Cl)c2Cl)ccc1CNC(C)(C)CNC(C)=O. The first-order valence-corrected chi connectivity index (χ1v) is 14.6. The minimum atomic E-state index is -0.327. The molecule has 4 N–H and O–H groups in total. The molecule has 0 bridgehead atoms. The van der Waals surface area contributed by atoms with Gasteiger partial charge in [-0.25, -0.2) is 9.97 Å². The minimum absolute atomic E-state index is 0.0710. The summed E-state index contributed by atoms with van der Waals surface area (Å²) in [7, 11) is 3.16. The predicted molar refractivity (Wildman–Crippen MR) is 174 cm³/mol. The molecular weight excluding hydrogens is 585 g/mol. The van der Waals surface area contributed by atoms with Gasteiger partial charge in [-0.2, -0.15) is 0 Å². The van der Waals surface area contributed by atoms with Crippen molar-refractivity contribution in [3.05, 3.63) is 81.8 Å². The van der Waals surface area contributed by atoms with E-state index in [9.17, 15) is 4.79 Å². The van der Waals surface area contributed by atoms with Crippen LogP contribution in [-0.4, -0.2) is 42.2 Å². The Labute approximate surface area is 262 Å². The minimum Gasteiger partial charge on any atom is -0.481 e. The zero-order chi connectivity index (χ0) is 31.3. The summed E-state index contributed by atoms with van der Waals surface area (Å²) in [6.07, 6.45) is 0. The van der Waals surface area contributed by atoms with Gasteiger partial charge in [0.2, 0.25) is 17.7 Å². The van der Waals surface area contributed by atoms with Crippen molar-refractivity contribution < 1.29 is 14.3 Å². The van der Waals surface area contributed by atoms with Crippen molar-refractivity contribution in [1.29, 1.82) is 0 Å². The zero-order valence-corrected chi connectivity index (χ0v) is 26.7. The third-order valence-electron chi connectivity index (χ3n) is 7.08.